The third kappa shape index (κ3) is 3.70. The normalized spacial score (nSPS) is 22.2. The molecule has 2 aromatic carbocycles. The van der Waals surface area contributed by atoms with Crippen molar-refractivity contribution in [3.8, 4) is 0 Å². The fourth-order valence-electron chi connectivity index (χ4n) is 4.15. The Labute approximate surface area is 182 Å². The van der Waals surface area contributed by atoms with Crippen LogP contribution >= 0.6 is 0 Å². The van der Waals surface area contributed by atoms with Gasteiger partial charge in [0.15, 0.2) is 0 Å². The minimum Gasteiger partial charge on any atom is -0.395 e. The predicted molar refractivity (Wildman–Crippen MR) is 117 cm³/mol. The molecular formula is C23H26N2O5S. The Hall–Kier alpha value is -2.52. The molecule has 1 aliphatic heterocycles. The Kier molecular flexibility index (Phi) is 5.51. The maximum atomic E-state index is 13.3. The predicted octanol–water partition coefficient (Wildman–Crippen LogP) is 2.16. The molecule has 1 saturated heterocycles. The summed E-state index contributed by atoms with van der Waals surface area (Å²) in [5, 5.41) is 20.8. The molecule has 0 aromatic heterocycles. The van der Waals surface area contributed by atoms with Crippen molar-refractivity contribution >= 4 is 15.7 Å². The molecular weight excluding hydrogens is 416 g/mol. The molecule has 2 aliphatic rings. The number of aryl methyl sites for hydroxylation is 3. The number of aliphatic hydroxyl groups excluding tert-OH is 1. The summed E-state index contributed by atoms with van der Waals surface area (Å²) in [6, 6.07) is 10.4. The highest BCUT2D eigenvalue weighted by molar-refractivity contribution is 7.90. The first-order chi connectivity index (χ1) is 14.7. The van der Waals surface area contributed by atoms with Gasteiger partial charge < -0.3 is 19.8 Å². The smallest absolute Gasteiger partial charge is 0.283 e. The minimum absolute atomic E-state index is 0.109. The van der Waals surface area contributed by atoms with E-state index in [4.69, 9.17) is 4.74 Å². The van der Waals surface area contributed by atoms with Gasteiger partial charge in [-0.2, -0.15) is 12.8 Å². The van der Waals surface area contributed by atoms with Crippen LogP contribution in [0.1, 0.15) is 27.8 Å². The third-order valence-electron chi connectivity index (χ3n) is 5.86. The summed E-state index contributed by atoms with van der Waals surface area (Å²) in [7, 11) is -4.01. The molecule has 0 bridgehead atoms. The number of aliphatic hydroxyl groups is 2. The molecule has 1 aliphatic carbocycles. The lowest BCUT2D eigenvalue weighted by Gasteiger charge is -2.45. The van der Waals surface area contributed by atoms with Crippen LogP contribution in [0.3, 0.4) is 0 Å². The topological polar surface area (TPSA) is 99.4 Å². The zero-order valence-electron chi connectivity index (χ0n) is 17.8. The average molecular weight is 443 g/mol. The second kappa shape index (κ2) is 7.87. The van der Waals surface area contributed by atoms with Gasteiger partial charge in [0, 0.05) is 24.2 Å². The van der Waals surface area contributed by atoms with E-state index in [1.54, 1.807) is 48.2 Å². The number of hydrogen-bond acceptors (Lipinski definition) is 6. The summed E-state index contributed by atoms with van der Waals surface area (Å²) in [5.41, 5.74) is 4.03. The number of sulfonamides is 1. The largest absolute Gasteiger partial charge is 0.395 e. The van der Waals surface area contributed by atoms with Crippen LogP contribution in [0.5, 0.6) is 0 Å². The molecule has 8 heteroatoms. The monoisotopic (exact) mass is 442 g/mol. The molecule has 0 spiro atoms. The highest BCUT2D eigenvalue weighted by Crippen LogP contribution is 2.41. The van der Waals surface area contributed by atoms with Gasteiger partial charge in [0.25, 0.3) is 10.0 Å². The van der Waals surface area contributed by atoms with Gasteiger partial charge in [-0.05, 0) is 49.6 Å². The van der Waals surface area contributed by atoms with Crippen LogP contribution in [0.15, 0.2) is 57.5 Å². The summed E-state index contributed by atoms with van der Waals surface area (Å²) in [4.78, 5) is 1.95. The first kappa shape index (κ1) is 21.7. The van der Waals surface area contributed by atoms with Crippen molar-refractivity contribution < 1.29 is 23.4 Å². The van der Waals surface area contributed by atoms with Crippen molar-refractivity contribution in [2.75, 3.05) is 26.3 Å². The lowest BCUT2D eigenvalue weighted by molar-refractivity contribution is -0.219. The van der Waals surface area contributed by atoms with E-state index in [0.717, 1.165) is 11.1 Å². The van der Waals surface area contributed by atoms with E-state index in [2.05, 4.69) is 4.40 Å². The number of morpholine rings is 1. The lowest BCUT2D eigenvalue weighted by atomic mass is 9.86. The van der Waals surface area contributed by atoms with Crippen LogP contribution in [0, 0.1) is 20.8 Å². The SMILES string of the molecule is Cc1cc(C)c(S(=O)(=O)N=C2C=C3N(CCO)CCOC3(O)c3ccccc32)cc1C. The zero-order chi connectivity index (χ0) is 22.4. The quantitative estimate of drug-likeness (QED) is 0.753. The van der Waals surface area contributed by atoms with Crippen molar-refractivity contribution in [3.63, 3.8) is 0 Å². The second-order valence-electron chi connectivity index (χ2n) is 7.93. The summed E-state index contributed by atoms with van der Waals surface area (Å²) in [6.07, 6.45) is 1.55. The van der Waals surface area contributed by atoms with Crippen LogP contribution in [0.2, 0.25) is 0 Å². The van der Waals surface area contributed by atoms with E-state index in [0.29, 0.717) is 28.9 Å². The van der Waals surface area contributed by atoms with Gasteiger partial charge in [0.05, 0.1) is 29.5 Å². The molecule has 0 radical (unpaired) electrons. The summed E-state index contributed by atoms with van der Waals surface area (Å²) < 4.78 is 36.5. The highest BCUT2D eigenvalue weighted by Gasteiger charge is 2.46. The van der Waals surface area contributed by atoms with Crippen molar-refractivity contribution in [2.45, 2.75) is 31.5 Å². The molecule has 164 valence electrons. The number of β-amino-alcohol motifs (C(OH)–C–C–N with tert-alkyl or cyclic N) is 1. The Morgan fingerprint density at radius 1 is 1.13 bits per heavy atom. The number of rotatable bonds is 4. The number of ether oxygens (including phenoxy) is 1. The first-order valence-electron chi connectivity index (χ1n) is 10.1. The fraction of sp³-hybridized carbons (Fsp3) is 0.348. The van der Waals surface area contributed by atoms with Crippen LogP contribution in [0.25, 0.3) is 0 Å². The molecule has 2 aromatic rings. The van der Waals surface area contributed by atoms with Crippen molar-refractivity contribution in [2.24, 2.45) is 4.40 Å². The molecule has 1 atom stereocenters. The van der Waals surface area contributed by atoms with Crippen LogP contribution < -0.4 is 0 Å². The Bertz CT molecular complexity index is 1200. The van der Waals surface area contributed by atoms with Gasteiger partial charge in [0.2, 0.25) is 5.79 Å². The minimum atomic E-state index is -4.01. The van der Waals surface area contributed by atoms with E-state index in [-0.39, 0.29) is 30.4 Å². The Morgan fingerprint density at radius 3 is 2.58 bits per heavy atom. The highest BCUT2D eigenvalue weighted by atomic mass is 32.2. The van der Waals surface area contributed by atoms with E-state index in [1.165, 1.54) is 0 Å². The van der Waals surface area contributed by atoms with Gasteiger partial charge in [-0.1, -0.05) is 30.3 Å². The third-order valence-corrected chi connectivity index (χ3v) is 7.29. The first-order valence-corrected chi connectivity index (χ1v) is 11.6. The van der Waals surface area contributed by atoms with E-state index in [9.17, 15) is 18.6 Å². The molecule has 31 heavy (non-hydrogen) atoms. The maximum absolute atomic E-state index is 13.3. The Balaban J connectivity index is 1.91. The molecule has 4 rings (SSSR count). The number of benzene rings is 2. The number of nitrogens with zero attached hydrogens (tertiary/aromatic N) is 2. The molecule has 1 fully saturated rings. The fourth-order valence-corrected chi connectivity index (χ4v) is 5.45. The van der Waals surface area contributed by atoms with E-state index in [1.807, 2.05) is 19.9 Å². The summed E-state index contributed by atoms with van der Waals surface area (Å²) >= 11 is 0. The van der Waals surface area contributed by atoms with E-state index >= 15 is 0 Å². The zero-order valence-corrected chi connectivity index (χ0v) is 18.6. The van der Waals surface area contributed by atoms with Gasteiger partial charge in [-0.25, -0.2) is 0 Å². The Morgan fingerprint density at radius 2 is 1.84 bits per heavy atom. The lowest BCUT2D eigenvalue weighted by Crippen LogP contribution is -2.50. The van der Waals surface area contributed by atoms with Gasteiger partial charge in [-0.3, -0.25) is 0 Å². The summed E-state index contributed by atoms with van der Waals surface area (Å²) in [5.74, 6) is -1.72. The molecule has 1 unspecified atom stereocenters. The number of fused-ring (bicyclic) bond motifs is 3. The second-order valence-corrected chi connectivity index (χ2v) is 9.50. The van der Waals surface area contributed by atoms with Gasteiger partial charge in [0.1, 0.15) is 0 Å². The van der Waals surface area contributed by atoms with Crippen molar-refractivity contribution in [1.82, 2.24) is 4.90 Å². The molecule has 1 heterocycles. The molecule has 0 amide bonds. The number of allylic oxidation sites excluding steroid dienone is 1. The maximum Gasteiger partial charge on any atom is 0.283 e. The summed E-state index contributed by atoms with van der Waals surface area (Å²) in [6.45, 7) is 6.47. The number of hydrogen-bond donors (Lipinski definition) is 2. The van der Waals surface area contributed by atoms with E-state index < -0.39 is 15.8 Å². The molecule has 0 saturated carbocycles. The van der Waals surface area contributed by atoms with Crippen molar-refractivity contribution in [3.05, 3.63) is 76.0 Å². The molecule has 2 N–H and O–H groups in total. The average Bonchev–Trinajstić information content (AvgIpc) is 2.72. The van der Waals surface area contributed by atoms with Crippen LogP contribution in [0.4, 0.5) is 0 Å². The standard InChI is InChI=1S/C23H26N2O5S/c1-15-12-17(3)21(13-16(15)2)31(28,29)24-20-14-22-23(27,19-7-5-4-6-18(19)20)30-11-9-25(22)8-10-26/h4-7,12-14,26-27H,8-11H2,1-3H3. The van der Waals surface area contributed by atoms with Crippen molar-refractivity contribution in [1.29, 1.82) is 0 Å². The van der Waals surface area contributed by atoms with Crippen LogP contribution in [-0.2, 0) is 20.5 Å². The molecule has 7 nitrogen and oxygen atoms in total. The van der Waals surface area contributed by atoms with Gasteiger partial charge >= 0.3 is 0 Å². The van der Waals surface area contributed by atoms with Crippen LogP contribution in [-0.4, -0.2) is 55.5 Å². The van der Waals surface area contributed by atoms with Gasteiger partial charge in [-0.15, -0.1) is 0 Å².